The maximum absolute atomic E-state index is 11.4. The van der Waals surface area contributed by atoms with Gasteiger partial charge in [0.25, 0.3) is 5.91 Å². The Bertz CT molecular complexity index is 184. The maximum atomic E-state index is 11.4. The van der Waals surface area contributed by atoms with E-state index in [1.165, 1.54) is 25.7 Å². The van der Waals surface area contributed by atoms with E-state index in [1.54, 1.807) is 0 Å². The molecule has 0 heterocycles. The highest BCUT2D eigenvalue weighted by atomic mass is 16.5. The van der Waals surface area contributed by atoms with Gasteiger partial charge in [-0.2, -0.15) is 0 Å². The summed E-state index contributed by atoms with van der Waals surface area (Å²) in [5.41, 5.74) is 2.14. The van der Waals surface area contributed by atoms with Crippen LogP contribution in [0.15, 0.2) is 0 Å². The van der Waals surface area contributed by atoms with Gasteiger partial charge in [0.2, 0.25) is 0 Å². The predicted molar refractivity (Wildman–Crippen MR) is 65.7 cm³/mol. The minimum atomic E-state index is -0.420. The van der Waals surface area contributed by atoms with Gasteiger partial charge in [0.05, 0.1) is 0 Å². The second kappa shape index (κ2) is 9.60. The first kappa shape index (κ1) is 15.4. The van der Waals surface area contributed by atoms with Crippen molar-refractivity contribution < 1.29 is 9.53 Å². The van der Waals surface area contributed by atoms with Crippen molar-refractivity contribution in [3.05, 3.63) is 0 Å². The molecule has 0 aromatic rings. The van der Waals surface area contributed by atoms with Crippen LogP contribution < -0.4 is 11.3 Å². The van der Waals surface area contributed by atoms with E-state index in [-0.39, 0.29) is 11.8 Å². The summed E-state index contributed by atoms with van der Waals surface area (Å²) in [6.07, 6.45) is 5.53. The van der Waals surface area contributed by atoms with Crippen LogP contribution >= 0.6 is 0 Å². The molecule has 0 spiro atoms. The molecule has 1 unspecified atom stereocenters. The van der Waals surface area contributed by atoms with E-state index in [9.17, 15) is 4.79 Å². The Morgan fingerprint density at radius 2 is 1.88 bits per heavy atom. The van der Waals surface area contributed by atoms with Crippen molar-refractivity contribution >= 4 is 5.91 Å². The summed E-state index contributed by atoms with van der Waals surface area (Å²) in [6.45, 7) is 6.74. The topological polar surface area (TPSA) is 64.3 Å². The van der Waals surface area contributed by atoms with Crippen LogP contribution in [-0.4, -0.2) is 18.6 Å². The number of nitrogens with one attached hydrogen (secondary N) is 1. The lowest BCUT2D eigenvalue weighted by Gasteiger charge is -2.19. The van der Waals surface area contributed by atoms with Crippen molar-refractivity contribution in [2.45, 2.75) is 59.0 Å². The Labute approximate surface area is 98.9 Å². The lowest BCUT2D eigenvalue weighted by atomic mass is 10.1. The van der Waals surface area contributed by atoms with E-state index in [4.69, 9.17) is 10.6 Å². The highest BCUT2D eigenvalue weighted by molar-refractivity contribution is 5.80. The van der Waals surface area contributed by atoms with Crippen LogP contribution in [0.4, 0.5) is 0 Å². The third-order valence-electron chi connectivity index (χ3n) is 2.55. The minimum absolute atomic E-state index is 0.152. The summed E-state index contributed by atoms with van der Waals surface area (Å²) < 4.78 is 5.54. The second-order valence-corrected chi connectivity index (χ2v) is 4.46. The van der Waals surface area contributed by atoms with Gasteiger partial charge in [-0.15, -0.1) is 0 Å². The molecule has 1 atom stereocenters. The van der Waals surface area contributed by atoms with Crippen molar-refractivity contribution in [3.8, 4) is 0 Å². The van der Waals surface area contributed by atoms with Crippen molar-refractivity contribution in [3.63, 3.8) is 0 Å². The van der Waals surface area contributed by atoms with Gasteiger partial charge in [0.15, 0.2) is 0 Å². The molecular weight excluding hydrogens is 204 g/mol. The fourth-order valence-corrected chi connectivity index (χ4v) is 1.57. The van der Waals surface area contributed by atoms with Crippen molar-refractivity contribution in [2.24, 2.45) is 11.8 Å². The Hall–Kier alpha value is -0.610. The second-order valence-electron chi connectivity index (χ2n) is 4.46. The van der Waals surface area contributed by atoms with Crippen LogP contribution in [0.2, 0.25) is 0 Å². The number of amides is 1. The molecule has 0 saturated heterocycles. The van der Waals surface area contributed by atoms with E-state index in [0.29, 0.717) is 6.61 Å². The van der Waals surface area contributed by atoms with Crippen LogP contribution in [0.5, 0.6) is 0 Å². The van der Waals surface area contributed by atoms with Gasteiger partial charge in [-0.1, -0.05) is 46.5 Å². The van der Waals surface area contributed by atoms with Gasteiger partial charge in [-0.3, -0.25) is 10.2 Å². The monoisotopic (exact) mass is 230 g/mol. The SMILES string of the molecule is CCCCCCCOC(C(=O)NN)C(C)C. The fourth-order valence-electron chi connectivity index (χ4n) is 1.57. The third kappa shape index (κ3) is 6.80. The Kier molecular flexibility index (Phi) is 9.24. The van der Waals surface area contributed by atoms with Crippen LogP contribution in [0.25, 0.3) is 0 Å². The van der Waals surface area contributed by atoms with Crippen molar-refractivity contribution in [2.75, 3.05) is 6.61 Å². The van der Waals surface area contributed by atoms with E-state index >= 15 is 0 Å². The molecule has 3 N–H and O–H groups in total. The largest absolute Gasteiger partial charge is 0.368 e. The molecule has 96 valence electrons. The number of ether oxygens (including phenoxy) is 1. The van der Waals surface area contributed by atoms with Gasteiger partial charge in [0, 0.05) is 6.61 Å². The average Bonchev–Trinajstić information content (AvgIpc) is 2.26. The molecule has 1 amide bonds. The van der Waals surface area contributed by atoms with Crippen LogP contribution in [0.1, 0.15) is 52.9 Å². The fraction of sp³-hybridized carbons (Fsp3) is 0.917. The molecule has 0 aliphatic rings. The molecule has 0 fully saturated rings. The molecule has 16 heavy (non-hydrogen) atoms. The first-order chi connectivity index (χ1) is 7.63. The van der Waals surface area contributed by atoms with Gasteiger partial charge >= 0.3 is 0 Å². The number of rotatable bonds is 9. The standard InChI is InChI=1S/C12H26N2O2/c1-4-5-6-7-8-9-16-11(10(2)3)12(15)14-13/h10-11H,4-9,13H2,1-3H3,(H,14,15). The molecule has 0 rings (SSSR count). The average molecular weight is 230 g/mol. The molecule has 4 nitrogen and oxygen atoms in total. The van der Waals surface area contributed by atoms with Gasteiger partial charge in [0.1, 0.15) is 6.10 Å². The number of hydrazine groups is 1. The number of carbonyl (C=O) groups excluding carboxylic acids is 1. The number of unbranched alkanes of at least 4 members (excludes halogenated alkanes) is 4. The third-order valence-corrected chi connectivity index (χ3v) is 2.55. The van der Waals surface area contributed by atoms with Gasteiger partial charge in [-0.05, 0) is 12.3 Å². The van der Waals surface area contributed by atoms with E-state index in [2.05, 4.69) is 12.3 Å². The maximum Gasteiger partial charge on any atom is 0.263 e. The van der Waals surface area contributed by atoms with Gasteiger partial charge in [-0.25, -0.2) is 5.84 Å². The highest BCUT2D eigenvalue weighted by Crippen LogP contribution is 2.09. The zero-order valence-corrected chi connectivity index (χ0v) is 10.8. The zero-order chi connectivity index (χ0) is 12.4. The lowest BCUT2D eigenvalue weighted by Crippen LogP contribution is -2.43. The molecule has 0 radical (unpaired) electrons. The summed E-state index contributed by atoms with van der Waals surface area (Å²) in [5, 5.41) is 0. The lowest BCUT2D eigenvalue weighted by molar-refractivity contribution is -0.135. The Morgan fingerprint density at radius 1 is 1.25 bits per heavy atom. The molecule has 0 aliphatic heterocycles. The van der Waals surface area contributed by atoms with Crippen molar-refractivity contribution in [1.29, 1.82) is 0 Å². The first-order valence-electron chi connectivity index (χ1n) is 6.25. The highest BCUT2D eigenvalue weighted by Gasteiger charge is 2.21. The van der Waals surface area contributed by atoms with Crippen LogP contribution in [-0.2, 0) is 9.53 Å². The van der Waals surface area contributed by atoms with Gasteiger partial charge < -0.3 is 4.74 Å². The normalized spacial score (nSPS) is 12.8. The Morgan fingerprint density at radius 3 is 2.38 bits per heavy atom. The molecule has 4 heteroatoms. The van der Waals surface area contributed by atoms with E-state index in [0.717, 1.165) is 6.42 Å². The molecule has 0 bridgehead atoms. The molecule has 0 aromatic heterocycles. The smallest absolute Gasteiger partial charge is 0.263 e. The minimum Gasteiger partial charge on any atom is -0.368 e. The molecule has 0 aliphatic carbocycles. The summed E-state index contributed by atoms with van der Waals surface area (Å²) in [6, 6.07) is 0. The predicted octanol–water partition coefficient (Wildman–Crippen LogP) is 1.99. The Balaban J connectivity index is 3.65. The summed E-state index contributed by atoms with van der Waals surface area (Å²) in [7, 11) is 0. The first-order valence-corrected chi connectivity index (χ1v) is 6.25. The molecule has 0 aromatic carbocycles. The van der Waals surface area contributed by atoms with E-state index < -0.39 is 6.10 Å². The molecular formula is C12H26N2O2. The number of carbonyl (C=O) groups is 1. The zero-order valence-electron chi connectivity index (χ0n) is 10.8. The number of hydrogen-bond donors (Lipinski definition) is 2. The quantitative estimate of drug-likeness (QED) is 0.275. The summed E-state index contributed by atoms with van der Waals surface area (Å²) in [4.78, 5) is 11.4. The molecule has 0 saturated carbocycles. The van der Waals surface area contributed by atoms with E-state index in [1.807, 2.05) is 13.8 Å². The van der Waals surface area contributed by atoms with Crippen LogP contribution in [0.3, 0.4) is 0 Å². The summed E-state index contributed by atoms with van der Waals surface area (Å²) >= 11 is 0. The summed E-state index contributed by atoms with van der Waals surface area (Å²) in [5.74, 6) is 5.02. The number of nitrogens with two attached hydrogens (primary N) is 1. The number of hydrogen-bond acceptors (Lipinski definition) is 3. The van der Waals surface area contributed by atoms with Crippen LogP contribution in [0, 0.1) is 5.92 Å². The van der Waals surface area contributed by atoms with Crippen molar-refractivity contribution in [1.82, 2.24) is 5.43 Å².